The fourth-order valence-electron chi connectivity index (χ4n) is 7.56. The summed E-state index contributed by atoms with van der Waals surface area (Å²) < 4.78 is 22.5. The van der Waals surface area contributed by atoms with Crippen LogP contribution in [-0.2, 0) is 23.7 Å². The third-order valence-corrected chi connectivity index (χ3v) is 11.4. The van der Waals surface area contributed by atoms with Gasteiger partial charge in [0.25, 0.3) is 0 Å². The molecule has 1 amide bonds. The summed E-state index contributed by atoms with van der Waals surface area (Å²) in [5.74, 6) is -0.222. The molecule has 0 aromatic carbocycles. The van der Waals surface area contributed by atoms with Crippen molar-refractivity contribution in [2.75, 3.05) is 19.8 Å². The number of rotatable bonds is 34. The molecule has 2 aliphatic rings. The molecular weight excluding hydrogens is 762 g/mol. The van der Waals surface area contributed by atoms with Gasteiger partial charge < -0.3 is 65.1 Å². The molecule has 14 nitrogen and oxygen atoms in total. The maximum absolute atomic E-state index is 13.0. The smallest absolute Gasteiger partial charge is 0.220 e. The zero-order valence-electron chi connectivity index (χ0n) is 36.2. The Balaban J connectivity index is 1.71. The van der Waals surface area contributed by atoms with Crippen LogP contribution in [0.4, 0.5) is 0 Å². The topological polar surface area (TPSA) is 228 Å². The van der Waals surface area contributed by atoms with Crippen molar-refractivity contribution in [1.82, 2.24) is 5.32 Å². The maximum Gasteiger partial charge on any atom is 0.220 e. The lowest BCUT2D eigenvalue weighted by atomic mass is 9.97. The summed E-state index contributed by atoms with van der Waals surface area (Å²) >= 11 is 0. The van der Waals surface area contributed by atoms with E-state index in [2.05, 4.69) is 43.5 Å². The Kier molecular flexibility index (Phi) is 30.1. The predicted octanol–water partition coefficient (Wildman–Crippen LogP) is 4.60. The lowest BCUT2D eigenvalue weighted by Crippen LogP contribution is -2.65. The Labute approximate surface area is 354 Å². The van der Waals surface area contributed by atoms with Crippen LogP contribution in [0.5, 0.6) is 0 Å². The van der Waals surface area contributed by atoms with Crippen LogP contribution >= 0.6 is 0 Å². The molecule has 2 aliphatic heterocycles. The molecule has 0 saturated carbocycles. The molecule has 12 unspecified atom stereocenters. The van der Waals surface area contributed by atoms with Crippen molar-refractivity contribution in [3.05, 3.63) is 24.3 Å². The van der Waals surface area contributed by atoms with E-state index in [1.807, 2.05) is 0 Å². The van der Waals surface area contributed by atoms with E-state index in [1.54, 1.807) is 0 Å². The summed E-state index contributed by atoms with van der Waals surface area (Å²) in [5, 5.41) is 86.0. The molecule has 12 atom stereocenters. The molecule has 0 spiro atoms. The number of ether oxygens (including phenoxy) is 4. The first-order valence-corrected chi connectivity index (χ1v) is 23.1. The third-order valence-electron chi connectivity index (χ3n) is 11.4. The first kappa shape index (κ1) is 53.6. The van der Waals surface area contributed by atoms with Crippen LogP contribution in [0.15, 0.2) is 24.3 Å². The fraction of sp³-hybridized carbons (Fsp3) is 0.889. The van der Waals surface area contributed by atoms with E-state index in [0.29, 0.717) is 12.8 Å². The van der Waals surface area contributed by atoms with Crippen molar-refractivity contribution >= 4 is 5.91 Å². The van der Waals surface area contributed by atoms with E-state index in [0.717, 1.165) is 64.2 Å². The number of hydrogen-bond donors (Lipinski definition) is 9. The largest absolute Gasteiger partial charge is 0.394 e. The van der Waals surface area contributed by atoms with Gasteiger partial charge in [0, 0.05) is 6.42 Å². The highest BCUT2D eigenvalue weighted by Gasteiger charge is 2.51. The lowest BCUT2D eigenvalue weighted by Gasteiger charge is -2.46. The van der Waals surface area contributed by atoms with Crippen LogP contribution in [-0.4, -0.2) is 140 Å². The lowest BCUT2D eigenvalue weighted by molar-refractivity contribution is -0.359. The Hall–Kier alpha value is -1.53. The molecule has 0 aromatic heterocycles. The van der Waals surface area contributed by atoms with Gasteiger partial charge in [-0.25, -0.2) is 0 Å². The molecule has 9 N–H and O–H groups in total. The molecule has 2 fully saturated rings. The minimum absolute atomic E-state index is 0.222. The van der Waals surface area contributed by atoms with Crippen molar-refractivity contribution in [3.8, 4) is 0 Å². The molecule has 0 bridgehead atoms. The van der Waals surface area contributed by atoms with Gasteiger partial charge in [-0.3, -0.25) is 4.79 Å². The van der Waals surface area contributed by atoms with Crippen LogP contribution in [0.25, 0.3) is 0 Å². The highest BCUT2D eigenvalue weighted by Crippen LogP contribution is 2.30. The molecule has 14 heteroatoms. The van der Waals surface area contributed by atoms with Crippen LogP contribution in [0.2, 0.25) is 0 Å². The van der Waals surface area contributed by atoms with Gasteiger partial charge in [0.2, 0.25) is 5.91 Å². The van der Waals surface area contributed by atoms with E-state index < -0.39 is 86.8 Å². The van der Waals surface area contributed by atoms with E-state index in [-0.39, 0.29) is 12.5 Å². The van der Waals surface area contributed by atoms with Gasteiger partial charge in [-0.1, -0.05) is 134 Å². The number of carbonyl (C=O) groups is 1. The number of allylic oxidation sites excluding steroid dienone is 4. The SMILES string of the molecule is CCCCCCC/C=C\C/C=C\CCCCCCCCCCCC(=O)NC(COC1OC(CO)C(OC2OC(CO)C(O)C(O)C2O)C(O)C1O)C(O)CCCCCC. The van der Waals surface area contributed by atoms with Crippen LogP contribution < -0.4 is 5.32 Å². The number of amides is 1. The molecule has 2 rings (SSSR count). The maximum atomic E-state index is 13.0. The number of hydrogen-bond acceptors (Lipinski definition) is 13. The van der Waals surface area contributed by atoms with Crippen molar-refractivity contribution in [2.24, 2.45) is 0 Å². The van der Waals surface area contributed by atoms with E-state index in [9.17, 15) is 45.6 Å². The molecular formula is C45H83NO13. The predicted molar refractivity (Wildman–Crippen MR) is 226 cm³/mol. The Morgan fingerprint density at radius 3 is 1.69 bits per heavy atom. The minimum Gasteiger partial charge on any atom is -0.394 e. The molecule has 59 heavy (non-hydrogen) atoms. The summed E-state index contributed by atoms with van der Waals surface area (Å²) in [6.07, 6.45) is 17.0. The zero-order valence-corrected chi connectivity index (χ0v) is 36.2. The van der Waals surface area contributed by atoms with E-state index in [4.69, 9.17) is 18.9 Å². The standard InChI is InChI=1S/C45H83NO13/c1-3-5-7-9-10-11-12-13-14-15-16-17-18-19-20-21-22-23-24-25-27-29-37(50)46-33(34(49)28-26-8-6-4-2)32-56-44-42(55)40(53)43(36(31-48)58-44)59-45-41(54)39(52)38(51)35(30-47)57-45/h12-13,15-16,33-36,38-45,47-49,51-55H,3-11,14,17-32H2,1-2H3,(H,46,50)/b13-12-,16-15-. The molecule has 0 radical (unpaired) electrons. The van der Waals surface area contributed by atoms with Gasteiger partial charge in [0.05, 0.1) is 32.0 Å². The van der Waals surface area contributed by atoms with Crippen LogP contribution in [0.3, 0.4) is 0 Å². The van der Waals surface area contributed by atoms with Gasteiger partial charge in [0.1, 0.15) is 48.8 Å². The first-order chi connectivity index (χ1) is 28.6. The second-order valence-corrected chi connectivity index (χ2v) is 16.5. The normalized spacial score (nSPS) is 28.7. The van der Waals surface area contributed by atoms with Crippen molar-refractivity contribution < 1.29 is 64.6 Å². The highest BCUT2D eigenvalue weighted by atomic mass is 16.7. The van der Waals surface area contributed by atoms with Crippen molar-refractivity contribution in [1.29, 1.82) is 0 Å². The minimum atomic E-state index is -1.78. The fourth-order valence-corrected chi connectivity index (χ4v) is 7.56. The average molecular weight is 846 g/mol. The summed E-state index contributed by atoms with van der Waals surface area (Å²) in [4.78, 5) is 13.0. The van der Waals surface area contributed by atoms with Crippen LogP contribution in [0.1, 0.15) is 162 Å². The zero-order chi connectivity index (χ0) is 43.3. The van der Waals surface area contributed by atoms with E-state index >= 15 is 0 Å². The van der Waals surface area contributed by atoms with Gasteiger partial charge >= 0.3 is 0 Å². The summed E-state index contributed by atoms with van der Waals surface area (Å²) in [7, 11) is 0. The number of aliphatic hydroxyl groups is 8. The Bertz CT molecular complexity index is 1090. The third kappa shape index (κ3) is 21.4. The molecule has 2 heterocycles. The number of unbranched alkanes of at least 4 members (excludes halogenated alkanes) is 17. The summed E-state index contributed by atoms with van der Waals surface area (Å²) in [5.41, 5.74) is 0. The number of nitrogens with one attached hydrogen (secondary N) is 1. The molecule has 0 aliphatic carbocycles. The quantitative estimate of drug-likeness (QED) is 0.0319. The molecule has 0 aromatic rings. The second-order valence-electron chi connectivity index (χ2n) is 16.5. The van der Waals surface area contributed by atoms with Gasteiger partial charge in [-0.15, -0.1) is 0 Å². The van der Waals surface area contributed by atoms with Crippen LogP contribution in [0, 0.1) is 0 Å². The van der Waals surface area contributed by atoms with Gasteiger partial charge in [-0.05, 0) is 44.9 Å². The Morgan fingerprint density at radius 2 is 1.12 bits per heavy atom. The molecule has 346 valence electrons. The van der Waals surface area contributed by atoms with Gasteiger partial charge in [0.15, 0.2) is 12.6 Å². The van der Waals surface area contributed by atoms with E-state index in [1.165, 1.54) is 70.6 Å². The monoisotopic (exact) mass is 846 g/mol. The van der Waals surface area contributed by atoms with Gasteiger partial charge in [-0.2, -0.15) is 0 Å². The summed E-state index contributed by atoms with van der Waals surface area (Å²) in [6, 6.07) is -0.824. The number of carbonyl (C=O) groups excluding carboxylic acids is 1. The highest BCUT2D eigenvalue weighted by molar-refractivity contribution is 5.76. The molecule has 2 saturated heterocycles. The Morgan fingerprint density at radius 1 is 0.610 bits per heavy atom. The number of aliphatic hydroxyl groups excluding tert-OH is 8. The van der Waals surface area contributed by atoms with Crippen molar-refractivity contribution in [3.63, 3.8) is 0 Å². The van der Waals surface area contributed by atoms with Crippen molar-refractivity contribution in [2.45, 2.75) is 235 Å². The summed E-state index contributed by atoms with van der Waals surface area (Å²) in [6.45, 7) is 2.68. The first-order valence-electron chi connectivity index (χ1n) is 23.1. The second kappa shape index (κ2) is 33.1. The average Bonchev–Trinajstić information content (AvgIpc) is 3.23.